The molecule has 2 aromatic rings. The molecule has 0 aliphatic rings. The third-order valence-electron chi connectivity index (χ3n) is 4.34. The minimum Gasteiger partial charge on any atom is -0.492 e. The first-order valence-corrected chi connectivity index (χ1v) is 11.2. The summed E-state index contributed by atoms with van der Waals surface area (Å²) in [6, 6.07) is 13.5. The van der Waals surface area contributed by atoms with Crippen LogP contribution in [0.1, 0.15) is 18.4 Å². The summed E-state index contributed by atoms with van der Waals surface area (Å²) in [5.74, 6) is 0.485. The molecule has 9 nitrogen and oxygen atoms in total. The molecule has 0 bridgehead atoms. The number of benzene rings is 2. The van der Waals surface area contributed by atoms with Crippen LogP contribution in [-0.4, -0.2) is 45.2 Å². The molecule has 0 unspecified atom stereocenters. The highest BCUT2D eigenvalue weighted by Gasteiger charge is 2.23. The number of para-hydroxylation sites is 1. The van der Waals surface area contributed by atoms with Crippen LogP contribution in [0.2, 0.25) is 0 Å². The fourth-order valence-electron chi connectivity index (χ4n) is 2.89. The number of rotatable bonds is 11. The van der Waals surface area contributed by atoms with Gasteiger partial charge < -0.3 is 10.1 Å². The summed E-state index contributed by atoms with van der Waals surface area (Å²) < 4.78 is 31.0. The number of nitrogens with zero attached hydrogens (tertiary/aromatic N) is 2. The lowest BCUT2D eigenvalue weighted by atomic mass is 10.1. The maximum atomic E-state index is 12.2. The largest absolute Gasteiger partial charge is 0.492 e. The van der Waals surface area contributed by atoms with Gasteiger partial charge in [-0.25, -0.2) is 8.42 Å². The molecule has 1 amide bonds. The van der Waals surface area contributed by atoms with E-state index in [-0.39, 0.29) is 42.2 Å². The predicted octanol–water partition coefficient (Wildman–Crippen LogP) is 2.64. The van der Waals surface area contributed by atoms with Crippen molar-refractivity contribution in [2.45, 2.75) is 19.8 Å². The zero-order valence-corrected chi connectivity index (χ0v) is 17.7. The van der Waals surface area contributed by atoms with E-state index in [2.05, 4.69) is 5.32 Å². The van der Waals surface area contributed by atoms with E-state index in [4.69, 9.17) is 4.74 Å². The van der Waals surface area contributed by atoms with Crippen molar-refractivity contribution >= 4 is 27.3 Å². The Hall–Kier alpha value is -3.14. The molecule has 0 radical (unpaired) electrons. The van der Waals surface area contributed by atoms with Gasteiger partial charge >= 0.3 is 0 Å². The molecule has 0 saturated carbocycles. The number of nitrogens with one attached hydrogen (secondary N) is 1. The fourth-order valence-corrected chi connectivity index (χ4v) is 3.91. The third kappa shape index (κ3) is 6.73. The van der Waals surface area contributed by atoms with E-state index in [0.29, 0.717) is 18.9 Å². The second-order valence-electron chi connectivity index (χ2n) is 6.63. The van der Waals surface area contributed by atoms with Crippen LogP contribution in [0.15, 0.2) is 48.5 Å². The summed E-state index contributed by atoms with van der Waals surface area (Å²) >= 11 is 0. The maximum Gasteiger partial charge on any atom is 0.274 e. The Kier molecular flexibility index (Phi) is 8.16. The topological polar surface area (TPSA) is 119 Å². The molecule has 10 heteroatoms. The highest BCUT2D eigenvalue weighted by molar-refractivity contribution is 7.92. The van der Waals surface area contributed by atoms with Gasteiger partial charge in [-0.2, -0.15) is 0 Å². The van der Waals surface area contributed by atoms with Gasteiger partial charge in [-0.1, -0.05) is 24.3 Å². The second-order valence-corrected chi connectivity index (χ2v) is 8.54. The number of hydrogen-bond donors (Lipinski definition) is 1. The highest BCUT2D eigenvalue weighted by atomic mass is 32.2. The van der Waals surface area contributed by atoms with Gasteiger partial charge in [-0.15, -0.1) is 0 Å². The van der Waals surface area contributed by atoms with E-state index in [1.807, 2.05) is 30.3 Å². The fraction of sp³-hybridized carbons (Fsp3) is 0.350. The Morgan fingerprint density at radius 3 is 2.50 bits per heavy atom. The van der Waals surface area contributed by atoms with Crippen LogP contribution >= 0.6 is 0 Å². The smallest absolute Gasteiger partial charge is 0.274 e. The number of anilines is 1. The average Bonchev–Trinajstić information content (AvgIpc) is 2.69. The lowest BCUT2D eigenvalue weighted by Crippen LogP contribution is -2.33. The Morgan fingerprint density at radius 2 is 1.87 bits per heavy atom. The quantitative estimate of drug-likeness (QED) is 0.329. The number of carbonyl (C=O) groups excluding carboxylic acids is 1. The molecule has 0 heterocycles. The molecular formula is C20H25N3O6S. The van der Waals surface area contributed by atoms with E-state index < -0.39 is 14.9 Å². The summed E-state index contributed by atoms with van der Waals surface area (Å²) in [6.07, 6.45) is 1.41. The van der Waals surface area contributed by atoms with Crippen molar-refractivity contribution in [1.29, 1.82) is 0 Å². The Bertz CT molecular complexity index is 979. The summed E-state index contributed by atoms with van der Waals surface area (Å²) in [5, 5.41) is 13.9. The molecule has 162 valence electrons. The molecule has 0 aromatic heterocycles. The van der Waals surface area contributed by atoms with Gasteiger partial charge in [-0.3, -0.25) is 19.2 Å². The number of nitro groups is 1. The molecular weight excluding hydrogens is 410 g/mol. The van der Waals surface area contributed by atoms with E-state index in [1.54, 1.807) is 0 Å². The van der Waals surface area contributed by atoms with Crippen molar-refractivity contribution in [3.63, 3.8) is 0 Å². The zero-order valence-electron chi connectivity index (χ0n) is 16.9. The molecule has 2 aromatic carbocycles. The Balaban J connectivity index is 1.88. The standard InChI is InChI=1S/C20H25N3O6S/c1-16-18(10-6-11-19(16)23(25)26)22(30(2,27)28)14-7-12-20(24)21-13-15-29-17-8-4-3-5-9-17/h3-6,8-11H,7,12-15H2,1-2H3,(H,21,24). The van der Waals surface area contributed by atoms with Gasteiger partial charge in [0.1, 0.15) is 12.4 Å². The van der Waals surface area contributed by atoms with E-state index in [1.165, 1.54) is 25.1 Å². The zero-order chi connectivity index (χ0) is 22.1. The van der Waals surface area contributed by atoms with Gasteiger partial charge in [-0.05, 0) is 31.5 Å². The average molecular weight is 436 g/mol. The van der Waals surface area contributed by atoms with E-state index in [9.17, 15) is 23.3 Å². The van der Waals surface area contributed by atoms with Crippen LogP contribution < -0.4 is 14.4 Å². The first kappa shape index (κ1) is 23.1. The lowest BCUT2D eigenvalue weighted by Gasteiger charge is -2.24. The van der Waals surface area contributed by atoms with Crippen molar-refractivity contribution in [2.75, 3.05) is 30.3 Å². The van der Waals surface area contributed by atoms with Crippen molar-refractivity contribution in [2.24, 2.45) is 0 Å². The molecule has 2 rings (SSSR count). The van der Waals surface area contributed by atoms with Crippen molar-refractivity contribution in [3.05, 3.63) is 64.2 Å². The number of ether oxygens (including phenoxy) is 1. The van der Waals surface area contributed by atoms with Crippen LogP contribution in [0, 0.1) is 17.0 Å². The lowest BCUT2D eigenvalue weighted by molar-refractivity contribution is -0.385. The number of sulfonamides is 1. The van der Waals surface area contributed by atoms with Crippen molar-refractivity contribution < 1.29 is 22.9 Å². The summed E-state index contributed by atoms with van der Waals surface area (Å²) in [4.78, 5) is 22.6. The van der Waals surface area contributed by atoms with Crippen LogP contribution in [0.3, 0.4) is 0 Å². The molecule has 0 aliphatic heterocycles. The van der Waals surface area contributed by atoms with Crippen LogP contribution in [-0.2, 0) is 14.8 Å². The van der Waals surface area contributed by atoms with E-state index in [0.717, 1.165) is 10.6 Å². The van der Waals surface area contributed by atoms with Crippen LogP contribution in [0.4, 0.5) is 11.4 Å². The molecule has 0 atom stereocenters. The van der Waals surface area contributed by atoms with Gasteiger partial charge in [0.15, 0.2) is 0 Å². The SMILES string of the molecule is Cc1c(N(CCCC(=O)NCCOc2ccccc2)S(C)(=O)=O)cccc1[N+](=O)[O-]. The maximum absolute atomic E-state index is 12.2. The molecule has 1 N–H and O–H groups in total. The normalized spacial score (nSPS) is 11.0. The van der Waals surface area contributed by atoms with Crippen LogP contribution in [0.25, 0.3) is 0 Å². The number of nitro benzene ring substituents is 1. The monoisotopic (exact) mass is 435 g/mol. The first-order chi connectivity index (χ1) is 14.2. The highest BCUT2D eigenvalue weighted by Crippen LogP contribution is 2.29. The number of hydrogen-bond acceptors (Lipinski definition) is 6. The molecule has 0 fully saturated rings. The predicted molar refractivity (Wildman–Crippen MR) is 114 cm³/mol. The molecule has 30 heavy (non-hydrogen) atoms. The third-order valence-corrected chi connectivity index (χ3v) is 5.52. The summed E-state index contributed by atoms with van der Waals surface area (Å²) in [6.45, 7) is 2.19. The van der Waals surface area contributed by atoms with Gasteiger partial charge in [0.05, 0.1) is 29.0 Å². The molecule has 0 saturated heterocycles. The number of amides is 1. The summed E-state index contributed by atoms with van der Waals surface area (Å²) in [5.41, 5.74) is 0.344. The van der Waals surface area contributed by atoms with Crippen LogP contribution in [0.5, 0.6) is 5.75 Å². The molecule has 0 spiro atoms. The van der Waals surface area contributed by atoms with Crippen molar-refractivity contribution in [3.8, 4) is 5.75 Å². The van der Waals surface area contributed by atoms with Crippen molar-refractivity contribution in [1.82, 2.24) is 5.32 Å². The van der Waals surface area contributed by atoms with Gasteiger partial charge in [0.2, 0.25) is 15.9 Å². The van der Waals surface area contributed by atoms with Gasteiger partial charge in [0, 0.05) is 19.0 Å². The minimum atomic E-state index is -3.67. The summed E-state index contributed by atoms with van der Waals surface area (Å²) in [7, 11) is -3.67. The van der Waals surface area contributed by atoms with Gasteiger partial charge in [0.25, 0.3) is 5.69 Å². The molecule has 0 aliphatic carbocycles. The Morgan fingerprint density at radius 1 is 1.17 bits per heavy atom. The second kappa shape index (κ2) is 10.6. The minimum absolute atomic E-state index is 0.0365. The number of carbonyl (C=O) groups is 1. The van der Waals surface area contributed by atoms with E-state index >= 15 is 0 Å². The first-order valence-electron chi connectivity index (χ1n) is 9.36. The Labute approximate surface area is 175 Å².